The van der Waals surface area contributed by atoms with Crippen LogP contribution in [-0.4, -0.2) is 49.6 Å². The van der Waals surface area contributed by atoms with Crippen LogP contribution in [0.25, 0.3) is 21.8 Å². The first-order chi connectivity index (χ1) is 23.5. The van der Waals surface area contributed by atoms with E-state index in [0.29, 0.717) is 34.8 Å². The number of benzene rings is 3. The van der Waals surface area contributed by atoms with Gasteiger partial charge in [0.1, 0.15) is 0 Å². The van der Waals surface area contributed by atoms with Crippen molar-refractivity contribution >= 4 is 49.6 Å². The van der Waals surface area contributed by atoms with Gasteiger partial charge >= 0.3 is 0 Å². The summed E-state index contributed by atoms with van der Waals surface area (Å²) in [6.45, 7) is 10.2. The fourth-order valence-corrected chi connectivity index (χ4v) is 7.00. The number of aromatic nitrogens is 1. The number of nitrogens with zero attached hydrogens (tertiary/aromatic N) is 2. The maximum atomic E-state index is 14.6. The normalized spacial score (nSPS) is 11.0. The van der Waals surface area contributed by atoms with Gasteiger partial charge < -0.3 is 10.6 Å². The summed E-state index contributed by atoms with van der Waals surface area (Å²) in [5.41, 5.74) is 2.56. The number of terminal acetylenes is 1. The molecule has 0 aliphatic heterocycles. The number of hydrogen-bond acceptors (Lipinski definition) is 5. The van der Waals surface area contributed by atoms with Gasteiger partial charge in [0.05, 0.1) is 21.2 Å². The summed E-state index contributed by atoms with van der Waals surface area (Å²) in [5.74, 6) is 1.80. The summed E-state index contributed by atoms with van der Waals surface area (Å²) < 4.78 is 31.0. The Balaban J connectivity index is 0.00000319. The van der Waals surface area contributed by atoms with Crippen molar-refractivity contribution < 1.29 is 27.4 Å². The number of para-hydroxylation sites is 2. The van der Waals surface area contributed by atoms with Crippen molar-refractivity contribution in [1.29, 1.82) is 0 Å². The number of rotatable bonds is 15. The standard InChI is InChI=1S/C37H42N4O5S.C2H6/c1-5-25-40-32-16-10-8-14-30(32)36(31-15-9-11-17-33(31)40)37(44)41(47(45,46)29-22-20-28(4)21-23-29)26-13-19-34(42)38-24-12-6-7-18-35(43)39-27(2)3;1-2/h1,8-11,14-17,20-23,27H,6-7,12-13,18-19,24-26H2,2-4H3,(H-,38,39,42,43);1-2H3/p+1. The number of hydrogen-bond donors (Lipinski definition) is 2. The molecule has 9 nitrogen and oxygen atoms in total. The quantitative estimate of drug-likeness (QED) is 0.0683. The summed E-state index contributed by atoms with van der Waals surface area (Å²) >= 11 is 0. The van der Waals surface area contributed by atoms with E-state index >= 15 is 0 Å². The highest BCUT2D eigenvalue weighted by Crippen LogP contribution is 2.29. The molecule has 0 spiro atoms. The van der Waals surface area contributed by atoms with E-state index in [-0.39, 0.29) is 54.2 Å². The largest absolute Gasteiger partial charge is 0.356 e. The molecule has 260 valence electrons. The van der Waals surface area contributed by atoms with Crippen LogP contribution in [0.1, 0.15) is 82.1 Å². The van der Waals surface area contributed by atoms with Crippen LogP contribution in [0, 0.1) is 19.3 Å². The molecule has 4 aromatic rings. The fraction of sp³-hybridized carbons (Fsp3) is 0.385. The topological polar surface area (TPSA) is 117 Å². The third-order valence-electron chi connectivity index (χ3n) is 7.84. The number of carbonyl (C=O) groups is 3. The average molecular weight is 686 g/mol. The molecule has 0 aliphatic carbocycles. The van der Waals surface area contributed by atoms with E-state index in [4.69, 9.17) is 6.42 Å². The molecule has 4 rings (SSSR count). The van der Waals surface area contributed by atoms with E-state index in [2.05, 4.69) is 16.6 Å². The number of aryl methyl sites for hydroxylation is 1. The van der Waals surface area contributed by atoms with Crippen LogP contribution in [0.2, 0.25) is 0 Å². The lowest BCUT2D eigenvalue weighted by molar-refractivity contribution is -0.632. The van der Waals surface area contributed by atoms with Crippen LogP contribution in [0.5, 0.6) is 0 Å². The van der Waals surface area contributed by atoms with Gasteiger partial charge in [0.2, 0.25) is 29.4 Å². The Hall–Kier alpha value is -4.75. The molecule has 49 heavy (non-hydrogen) atoms. The van der Waals surface area contributed by atoms with Crippen molar-refractivity contribution in [3.05, 3.63) is 83.9 Å². The zero-order valence-corrected chi connectivity index (χ0v) is 30.1. The fourth-order valence-electron chi connectivity index (χ4n) is 5.58. The molecule has 2 N–H and O–H groups in total. The molecule has 0 saturated carbocycles. The second-order valence-electron chi connectivity index (χ2n) is 11.9. The molecule has 1 aromatic heterocycles. The van der Waals surface area contributed by atoms with Crippen LogP contribution < -0.4 is 15.2 Å². The molecule has 3 amide bonds. The van der Waals surface area contributed by atoms with Gasteiger partial charge in [-0.3, -0.25) is 14.4 Å². The van der Waals surface area contributed by atoms with Gasteiger partial charge in [-0.2, -0.15) is 4.57 Å². The third-order valence-corrected chi connectivity index (χ3v) is 9.64. The molecule has 0 radical (unpaired) electrons. The predicted octanol–water partition coefficient (Wildman–Crippen LogP) is 6.06. The Morgan fingerprint density at radius 2 is 1.39 bits per heavy atom. The van der Waals surface area contributed by atoms with Gasteiger partial charge in [-0.1, -0.05) is 62.2 Å². The number of unbranched alkanes of at least 4 members (excludes halogenated alkanes) is 2. The number of nitrogens with one attached hydrogen (secondary N) is 2. The van der Waals surface area contributed by atoms with E-state index in [1.807, 2.05) is 63.5 Å². The van der Waals surface area contributed by atoms with Crippen molar-refractivity contribution in [1.82, 2.24) is 14.9 Å². The van der Waals surface area contributed by atoms with Crippen molar-refractivity contribution in [3.63, 3.8) is 0 Å². The molecule has 3 aromatic carbocycles. The van der Waals surface area contributed by atoms with Crippen molar-refractivity contribution in [2.45, 2.75) is 90.6 Å². The number of amides is 3. The van der Waals surface area contributed by atoms with Gasteiger partial charge in [-0.25, -0.2) is 12.7 Å². The molecule has 0 bridgehead atoms. The lowest BCUT2D eigenvalue weighted by Crippen LogP contribution is -2.40. The number of sulfonamides is 1. The van der Waals surface area contributed by atoms with E-state index < -0.39 is 15.9 Å². The van der Waals surface area contributed by atoms with Crippen LogP contribution >= 0.6 is 0 Å². The Morgan fingerprint density at radius 1 is 0.816 bits per heavy atom. The minimum Gasteiger partial charge on any atom is -0.356 e. The smallest absolute Gasteiger partial charge is 0.269 e. The molecule has 0 saturated heterocycles. The van der Waals surface area contributed by atoms with Crippen molar-refractivity contribution in [2.75, 3.05) is 13.1 Å². The van der Waals surface area contributed by atoms with Crippen molar-refractivity contribution in [3.8, 4) is 12.3 Å². The minimum atomic E-state index is -4.28. The molecule has 1 heterocycles. The molecular weight excluding hydrogens is 637 g/mol. The molecule has 0 unspecified atom stereocenters. The summed E-state index contributed by atoms with van der Waals surface area (Å²) in [4.78, 5) is 39.0. The first-order valence-corrected chi connectivity index (χ1v) is 18.4. The first kappa shape index (κ1) is 38.7. The summed E-state index contributed by atoms with van der Waals surface area (Å²) in [7, 11) is -4.28. The van der Waals surface area contributed by atoms with Crippen molar-refractivity contribution in [2.24, 2.45) is 0 Å². The zero-order valence-electron chi connectivity index (χ0n) is 29.3. The van der Waals surface area contributed by atoms with Gasteiger partial charge in [0, 0.05) is 44.1 Å². The lowest BCUT2D eigenvalue weighted by atomic mass is 10.0. The Morgan fingerprint density at radius 3 is 1.96 bits per heavy atom. The van der Waals surface area contributed by atoms with Gasteiger partial charge in [-0.05, 0) is 70.2 Å². The number of fused-ring (bicyclic) bond motifs is 2. The second kappa shape index (κ2) is 18.7. The molecule has 0 atom stereocenters. The first-order valence-electron chi connectivity index (χ1n) is 17.0. The van der Waals surface area contributed by atoms with E-state index in [1.165, 1.54) is 12.1 Å². The summed E-state index contributed by atoms with van der Waals surface area (Å²) in [5, 5.41) is 6.89. The highest BCUT2D eigenvalue weighted by molar-refractivity contribution is 7.89. The second-order valence-corrected chi connectivity index (χ2v) is 13.7. The maximum Gasteiger partial charge on any atom is 0.269 e. The molecule has 0 aliphatic rings. The zero-order chi connectivity index (χ0) is 36.0. The van der Waals surface area contributed by atoms with Crippen LogP contribution in [-0.2, 0) is 26.2 Å². The highest BCUT2D eigenvalue weighted by Gasteiger charge is 2.34. The Labute approximate surface area is 291 Å². The SMILES string of the molecule is C#CC[n+]1c2ccccc2c(C(=O)N(CCCC(=O)NCCCCCC(=O)NC(C)C)S(=O)(=O)c2ccc(C)cc2)c2ccccc21.CC. The minimum absolute atomic E-state index is 0.00471. The van der Waals surface area contributed by atoms with Crippen LogP contribution in [0.4, 0.5) is 0 Å². The van der Waals surface area contributed by atoms with Gasteiger partial charge in [-0.15, -0.1) is 6.42 Å². The molecular formula is C39H49N4O5S+. The third kappa shape index (κ3) is 10.1. The van der Waals surface area contributed by atoms with E-state index in [9.17, 15) is 22.8 Å². The average Bonchev–Trinajstić information content (AvgIpc) is 3.08. The molecule has 10 heteroatoms. The van der Waals surface area contributed by atoms with Crippen LogP contribution in [0.15, 0.2) is 77.7 Å². The summed E-state index contributed by atoms with van der Waals surface area (Å²) in [6.07, 6.45) is 8.58. The van der Waals surface area contributed by atoms with Gasteiger partial charge in [0.15, 0.2) is 0 Å². The monoisotopic (exact) mass is 685 g/mol. The number of carbonyl (C=O) groups excluding carboxylic acids is 3. The van der Waals surface area contributed by atoms with Gasteiger partial charge in [0.25, 0.3) is 15.9 Å². The van der Waals surface area contributed by atoms with E-state index in [1.54, 1.807) is 36.4 Å². The Kier molecular flexibility index (Phi) is 14.8. The highest BCUT2D eigenvalue weighted by atomic mass is 32.2. The lowest BCUT2D eigenvalue weighted by Gasteiger charge is -2.24. The van der Waals surface area contributed by atoms with E-state index in [0.717, 1.165) is 29.1 Å². The maximum absolute atomic E-state index is 14.6. The number of pyridine rings is 1. The van der Waals surface area contributed by atoms with Crippen LogP contribution in [0.3, 0.4) is 0 Å². The predicted molar refractivity (Wildman–Crippen MR) is 195 cm³/mol. The molecule has 0 fully saturated rings. The summed E-state index contributed by atoms with van der Waals surface area (Å²) in [6, 6.07) is 21.1. The Bertz CT molecular complexity index is 1840.